The van der Waals surface area contributed by atoms with Crippen LogP contribution in [0.15, 0.2) is 18.2 Å². The Morgan fingerprint density at radius 3 is 2.46 bits per heavy atom. The van der Waals surface area contributed by atoms with Crippen molar-refractivity contribution in [1.82, 2.24) is 9.97 Å². The summed E-state index contributed by atoms with van der Waals surface area (Å²) in [6.07, 6.45) is -1.18. The van der Waals surface area contributed by atoms with Crippen LogP contribution >= 0.6 is 26.8 Å². The van der Waals surface area contributed by atoms with Gasteiger partial charge in [0.2, 0.25) is 5.28 Å². The summed E-state index contributed by atoms with van der Waals surface area (Å²) in [4.78, 5) is 36.1. The molecule has 1 saturated carbocycles. The van der Waals surface area contributed by atoms with Gasteiger partial charge in [0.15, 0.2) is 5.90 Å². The van der Waals surface area contributed by atoms with E-state index in [4.69, 9.17) is 35.4 Å². The van der Waals surface area contributed by atoms with Gasteiger partial charge in [0, 0.05) is 18.5 Å². The monoisotopic (exact) mass is 581 g/mol. The van der Waals surface area contributed by atoms with Crippen LogP contribution in [-0.2, 0) is 23.1 Å². The smallest absolute Gasteiger partial charge is 0.340 e. The van der Waals surface area contributed by atoms with Crippen molar-refractivity contribution in [2.75, 3.05) is 24.9 Å². The Hall–Kier alpha value is -1.21. The van der Waals surface area contributed by atoms with Crippen molar-refractivity contribution in [2.24, 2.45) is 0 Å². The fourth-order valence-corrected chi connectivity index (χ4v) is 7.41. The van der Waals surface area contributed by atoms with E-state index >= 15 is 0 Å². The van der Waals surface area contributed by atoms with Crippen LogP contribution in [0.25, 0.3) is 10.9 Å². The number of nitrogens with one attached hydrogen (secondary N) is 1. The second kappa shape index (κ2) is 11.5. The third-order valence-corrected chi connectivity index (χ3v) is 10.2. The van der Waals surface area contributed by atoms with Crippen LogP contribution in [0, 0.1) is 0 Å². The molecule has 2 fully saturated rings. The highest BCUT2D eigenvalue weighted by atomic mass is 35.5. The van der Waals surface area contributed by atoms with E-state index in [0.717, 1.165) is 25.7 Å². The van der Waals surface area contributed by atoms with Crippen molar-refractivity contribution in [2.45, 2.75) is 62.2 Å². The molecular weight excluding hydrogens is 552 g/mol. The molecule has 2 heterocycles. The molecule has 206 valence electrons. The number of ether oxygens (including phenoxy) is 2. The van der Waals surface area contributed by atoms with E-state index in [1.54, 1.807) is 25.3 Å². The number of methoxy groups -OCH3 is 1. The van der Waals surface area contributed by atoms with Gasteiger partial charge >= 0.3 is 15.2 Å². The fourth-order valence-electron chi connectivity index (χ4n) is 4.67. The highest BCUT2D eigenvalue weighted by Gasteiger charge is 2.45. The van der Waals surface area contributed by atoms with Gasteiger partial charge < -0.3 is 44.2 Å². The highest BCUT2D eigenvalue weighted by Crippen LogP contribution is 2.55. The Kier molecular flexibility index (Phi) is 8.94. The summed E-state index contributed by atoms with van der Waals surface area (Å²) in [5, 5.41) is 25.1. The maximum atomic E-state index is 11.9. The number of nitrogens with zero attached hydrogens (tertiary/aromatic N) is 2. The molecule has 1 aromatic heterocycles. The number of fused-ring (bicyclic) bond motifs is 1. The maximum absolute atomic E-state index is 11.9. The normalized spacial score (nSPS) is 30.4. The molecule has 1 aliphatic heterocycles. The lowest BCUT2D eigenvalue weighted by atomic mass is 9.93. The number of hydrogen-bond donors (Lipinski definition) is 6. The largest absolute Gasteiger partial charge is 0.387 e. The zero-order chi connectivity index (χ0) is 27.0. The van der Waals surface area contributed by atoms with Gasteiger partial charge in [-0.2, -0.15) is 0 Å². The summed E-state index contributed by atoms with van der Waals surface area (Å²) in [7, 11) is -7.75. The minimum absolute atomic E-state index is 0.0284. The molecule has 1 aromatic carbocycles. The molecule has 0 spiro atoms. The van der Waals surface area contributed by atoms with Crippen LogP contribution in [0.3, 0.4) is 0 Å². The summed E-state index contributed by atoms with van der Waals surface area (Å²) in [6.45, 7) is -0.663. The number of anilines is 1. The zero-order valence-corrected chi connectivity index (χ0v) is 22.4. The quantitative estimate of drug-likeness (QED) is 0.186. The van der Waals surface area contributed by atoms with Crippen molar-refractivity contribution in [3.8, 4) is 0 Å². The lowest BCUT2D eigenvalue weighted by molar-refractivity contribution is -0.0186. The van der Waals surface area contributed by atoms with E-state index in [1.165, 1.54) is 0 Å². The third-order valence-electron chi connectivity index (χ3n) is 6.54. The van der Waals surface area contributed by atoms with E-state index < -0.39 is 52.1 Å². The Balaban J connectivity index is 1.48. The number of halogens is 1. The molecule has 0 bridgehead atoms. The SMILES string of the molecule is COC1CCC(Nc2nc(Cl)nc3cc([C@@H]4O[C@H](COP(=O)(O)CP(=O)(O)O)[C@@H](O)[C@H]4O)ccc23)CC1. The summed E-state index contributed by atoms with van der Waals surface area (Å²) in [5.41, 5.74) is 0.947. The average Bonchev–Trinajstić information content (AvgIpc) is 3.10. The predicted molar refractivity (Wildman–Crippen MR) is 134 cm³/mol. The standard InChI is InChI=1S/C21H30ClN3O10P2/c1-33-13-5-3-12(4-6-13)23-20-14-7-2-11(8-15(14)24-21(22)25-20)19-18(27)17(26)16(35-19)9-34-37(31,32)10-36(28,29)30/h2,7-8,12-13,16-19,26-27H,3-6,9-10H2,1H3,(H,31,32)(H,23,24,25)(H2,28,29,30)/t12?,13?,16-,17-,18-,19+/m1/s1. The fraction of sp³-hybridized carbons (Fsp3) is 0.619. The summed E-state index contributed by atoms with van der Waals surface area (Å²) in [6, 6.07) is 5.27. The Labute approximate surface area is 217 Å². The second-order valence-electron chi connectivity index (χ2n) is 9.29. The van der Waals surface area contributed by atoms with Crippen LogP contribution in [0.2, 0.25) is 5.28 Å². The van der Waals surface area contributed by atoms with Gasteiger partial charge in [-0.15, -0.1) is 0 Å². The molecule has 4 rings (SSSR count). The van der Waals surface area contributed by atoms with E-state index in [0.29, 0.717) is 22.3 Å². The van der Waals surface area contributed by atoms with Gasteiger partial charge in [0.25, 0.3) is 0 Å². The van der Waals surface area contributed by atoms with Gasteiger partial charge in [0.1, 0.15) is 30.2 Å². The highest BCUT2D eigenvalue weighted by molar-refractivity contribution is 7.70. The van der Waals surface area contributed by atoms with Crippen LogP contribution in [0.1, 0.15) is 37.4 Å². The lowest BCUT2D eigenvalue weighted by Crippen LogP contribution is -2.33. The number of aliphatic hydroxyl groups is 2. The van der Waals surface area contributed by atoms with E-state index in [9.17, 15) is 24.2 Å². The predicted octanol–water partition coefficient (Wildman–Crippen LogP) is 2.15. The Morgan fingerprint density at radius 1 is 1.11 bits per heavy atom. The zero-order valence-electron chi connectivity index (χ0n) is 19.9. The molecule has 0 amide bonds. The molecular formula is C21H30ClN3O10P2. The third kappa shape index (κ3) is 7.26. The molecule has 37 heavy (non-hydrogen) atoms. The number of aromatic nitrogens is 2. The number of benzene rings is 1. The number of aliphatic hydroxyl groups excluding tert-OH is 2. The van der Waals surface area contributed by atoms with Crippen molar-refractivity contribution in [3.63, 3.8) is 0 Å². The van der Waals surface area contributed by atoms with Crippen molar-refractivity contribution in [3.05, 3.63) is 29.0 Å². The molecule has 1 aliphatic carbocycles. The number of rotatable bonds is 9. The topological polar surface area (TPSA) is 201 Å². The van der Waals surface area contributed by atoms with E-state index in [2.05, 4.69) is 15.3 Å². The van der Waals surface area contributed by atoms with E-state index in [-0.39, 0.29) is 17.4 Å². The molecule has 1 unspecified atom stereocenters. The van der Waals surface area contributed by atoms with Gasteiger partial charge in [-0.1, -0.05) is 6.07 Å². The first kappa shape index (κ1) is 28.8. The van der Waals surface area contributed by atoms with Gasteiger partial charge in [-0.05, 0) is 55.0 Å². The van der Waals surface area contributed by atoms with Crippen molar-refractivity contribution in [1.29, 1.82) is 0 Å². The van der Waals surface area contributed by atoms with Crippen LogP contribution in [-0.4, -0.2) is 84.9 Å². The van der Waals surface area contributed by atoms with Crippen molar-refractivity contribution >= 4 is 43.5 Å². The first-order valence-corrected chi connectivity index (χ1v) is 15.6. The first-order valence-electron chi connectivity index (χ1n) is 11.6. The van der Waals surface area contributed by atoms with Gasteiger partial charge in [-0.25, -0.2) is 9.97 Å². The van der Waals surface area contributed by atoms with Crippen LogP contribution in [0.5, 0.6) is 0 Å². The van der Waals surface area contributed by atoms with Gasteiger partial charge in [-0.3, -0.25) is 9.13 Å². The van der Waals surface area contributed by atoms with Crippen molar-refractivity contribution < 1.29 is 48.0 Å². The molecule has 16 heteroatoms. The molecule has 2 aliphatic rings. The second-order valence-corrected chi connectivity index (χ2v) is 13.6. The summed E-state index contributed by atoms with van der Waals surface area (Å²) >= 11 is 6.18. The average molecular weight is 582 g/mol. The van der Waals surface area contributed by atoms with Crippen LogP contribution in [0.4, 0.5) is 5.82 Å². The maximum Gasteiger partial charge on any atom is 0.340 e. The molecule has 13 nitrogen and oxygen atoms in total. The van der Waals surface area contributed by atoms with Crippen LogP contribution < -0.4 is 5.32 Å². The minimum Gasteiger partial charge on any atom is -0.387 e. The molecule has 0 radical (unpaired) electrons. The molecule has 6 N–H and O–H groups in total. The molecule has 1 saturated heterocycles. The first-order chi connectivity index (χ1) is 17.3. The van der Waals surface area contributed by atoms with E-state index in [1.807, 2.05) is 0 Å². The Bertz CT molecular complexity index is 1210. The summed E-state index contributed by atoms with van der Waals surface area (Å²) < 4.78 is 38.8. The lowest BCUT2D eigenvalue weighted by Gasteiger charge is -2.28. The number of hydrogen-bond acceptors (Lipinski definition) is 10. The van der Waals surface area contributed by atoms with Gasteiger partial charge in [0.05, 0.1) is 18.2 Å². The molecule has 2 aromatic rings. The summed E-state index contributed by atoms with van der Waals surface area (Å²) in [5.74, 6) is -0.796. The minimum atomic E-state index is -4.81. The molecule has 5 atom stereocenters. The Morgan fingerprint density at radius 2 is 1.81 bits per heavy atom.